The first-order valence-electron chi connectivity index (χ1n) is 14.3. The lowest BCUT2D eigenvalue weighted by Crippen LogP contribution is -2.43. The first kappa shape index (κ1) is 27.2. The minimum atomic E-state index is -0.176. The van der Waals surface area contributed by atoms with E-state index in [2.05, 4.69) is 38.4 Å². The molecule has 0 spiro atoms. The predicted octanol–water partition coefficient (Wildman–Crippen LogP) is 6.23. The van der Waals surface area contributed by atoms with Gasteiger partial charge in [0.2, 0.25) is 0 Å². The number of nitrogens with zero attached hydrogens (tertiary/aromatic N) is 4. The number of amides is 1. The number of nitrogens with one attached hydrogen (secondary N) is 1. The predicted molar refractivity (Wildman–Crippen MR) is 168 cm³/mol. The highest BCUT2D eigenvalue weighted by atomic mass is 35.5. The Morgan fingerprint density at radius 2 is 1.70 bits per heavy atom. The fourth-order valence-electron chi connectivity index (χ4n) is 5.86. The summed E-state index contributed by atoms with van der Waals surface area (Å²) in [5, 5.41) is 4.07. The molecule has 0 saturated carbocycles. The summed E-state index contributed by atoms with van der Waals surface area (Å²) in [7, 11) is 1.54. The zero-order chi connectivity index (χ0) is 29.3. The van der Waals surface area contributed by atoms with E-state index in [1.54, 1.807) is 19.5 Å². The molecule has 2 aromatic heterocycles. The van der Waals surface area contributed by atoms with Gasteiger partial charge in [0.15, 0.2) is 5.76 Å². The molecule has 0 unspecified atom stereocenters. The number of ether oxygens (including phenoxy) is 1. The molecule has 1 amide bonds. The third kappa shape index (κ3) is 5.35. The van der Waals surface area contributed by atoms with Crippen molar-refractivity contribution in [3.8, 4) is 28.5 Å². The quantitative estimate of drug-likeness (QED) is 0.251. The highest BCUT2D eigenvalue weighted by Crippen LogP contribution is 2.38. The van der Waals surface area contributed by atoms with Crippen molar-refractivity contribution in [2.45, 2.75) is 13.0 Å². The summed E-state index contributed by atoms with van der Waals surface area (Å²) in [5.41, 5.74) is 7.62. The number of rotatable bonds is 6. The number of halogens is 1. The van der Waals surface area contributed by atoms with Gasteiger partial charge in [-0.2, -0.15) is 0 Å². The van der Waals surface area contributed by atoms with E-state index >= 15 is 0 Å². The maximum Gasteiger partial charge on any atom is 0.316 e. The van der Waals surface area contributed by atoms with E-state index in [1.165, 1.54) is 0 Å². The van der Waals surface area contributed by atoms with Gasteiger partial charge in [-0.15, -0.1) is 0 Å². The fraction of sp³-hybridized carbons (Fsp3) is 0.206. The van der Waals surface area contributed by atoms with Crippen LogP contribution in [0.4, 0.5) is 11.4 Å². The molecule has 2 aliphatic rings. The lowest BCUT2D eigenvalue weighted by molar-refractivity contribution is 0.0959. The summed E-state index contributed by atoms with van der Waals surface area (Å²) in [4.78, 5) is 27.2. The van der Waals surface area contributed by atoms with Gasteiger partial charge in [0.05, 0.1) is 13.7 Å². The third-order valence-electron chi connectivity index (χ3n) is 8.06. The van der Waals surface area contributed by atoms with Crippen molar-refractivity contribution in [2.75, 3.05) is 43.1 Å². The van der Waals surface area contributed by atoms with E-state index in [4.69, 9.17) is 20.8 Å². The van der Waals surface area contributed by atoms with Crippen molar-refractivity contribution in [2.24, 2.45) is 0 Å². The second kappa shape index (κ2) is 11.6. The standard InChI is InChI=1S/C34H30ClN5O3/c1-42-34-37-19-26(20-38-34)29-5-3-2-4-23(29)21-40-30-11-10-28(39-14-12-36-13-15-39)17-24(30)16-25-18-31(43-32(25)33(40)41)22-6-8-27(35)9-7-22/h2-11,17-20,36H,12-16,21H2,1H3. The van der Waals surface area contributed by atoms with Gasteiger partial charge in [-0.05, 0) is 65.2 Å². The number of furan rings is 1. The van der Waals surface area contributed by atoms with Gasteiger partial charge in [-0.1, -0.05) is 35.9 Å². The third-order valence-corrected chi connectivity index (χ3v) is 8.31. The molecule has 0 atom stereocenters. The van der Waals surface area contributed by atoms with Gasteiger partial charge in [0.1, 0.15) is 5.76 Å². The van der Waals surface area contributed by atoms with Crippen molar-refractivity contribution in [3.63, 3.8) is 0 Å². The van der Waals surface area contributed by atoms with E-state index < -0.39 is 0 Å². The number of methoxy groups -OCH3 is 1. The Hall–Kier alpha value is -4.66. The Kier molecular flexibility index (Phi) is 7.30. The molecule has 1 saturated heterocycles. The van der Waals surface area contributed by atoms with Crippen LogP contribution in [0.5, 0.6) is 6.01 Å². The molecule has 0 radical (unpaired) electrons. The average molecular weight is 592 g/mol. The second-order valence-electron chi connectivity index (χ2n) is 10.7. The summed E-state index contributed by atoms with van der Waals surface area (Å²) in [5.74, 6) is 0.826. The molecular formula is C34H30ClN5O3. The zero-order valence-corrected chi connectivity index (χ0v) is 24.5. The molecule has 43 heavy (non-hydrogen) atoms. The van der Waals surface area contributed by atoms with Crippen LogP contribution >= 0.6 is 11.6 Å². The van der Waals surface area contributed by atoms with Crippen LogP contribution in [0.25, 0.3) is 22.5 Å². The first-order chi connectivity index (χ1) is 21.1. The topological polar surface area (TPSA) is 83.7 Å². The number of carbonyl (C=O) groups is 1. The molecule has 7 rings (SSSR count). The summed E-state index contributed by atoms with van der Waals surface area (Å²) < 4.78 is 11.5. The second-order valence-corrected chi connectivity index (χ2v) is 11.1. The van der Waals surface area contributed by atoms with E-state index in [1.807, 2.05) is 59.5 Å². The van der Waals surface area contributed by atoms with Crippen molar-refractivity contribution in [1.29, 1.82) is 0 Å². The maximum absolute atomic E-state index is 14.4. The van der Waals surface area contributed by atoms with E-state index in [0.717, 1.165) is 70.9 Å². The Bertz CT molecular complexity index is 1780. The van der Waals surface area contributed by atoms with Crippen LogP contribution in [0.1, 0.15) is 27.2 Å². The molecule has 4 heterocycles. The molecule has 0 bridgehead atoms. The summed E-state index contributed by atoms with van der Waals surface area (Å²) in [6.45, 7) is 4.12. The summed E-state index contributed by atoms with van der Waals surface area (Å²) >= 11 is 6.13. The van der Waals surface area contributed by atoms with Crippen molar-refractivity contribution >= 4 is 28.9 Å². The fourth-order valence-corrected chi connectivity index (χ4v) is 5.99. The molecular weight excluding hydrogens is 562 g/mol. The highest BCUT2D eigenvalue weighted by molar-refractivity contribution is 6.30. The number of piperazine rings is 1. The van der Waals surface area contributed by atoms with Crippen LogP contribution in [-0.4, -0.2) is 49.2 Å². The summed E-state index contributed by atoms with van der Waals surface area (Å²) in [6, 6.07) is 24.2. The van der Waals surface area contributed by atoms with Gasteiger partial charge in [0.25, 0.3) is 5.91 Å². The Morgan fingerprint density at radius 1 is 0.930 bits per heavy atom. The SMILES string of the molecule is COc1ncc(-c2ccccc2CN2C(=O)c3oc(-c4ccc(Cl)cc4)cc3Cc3cc(N4CCNCC4)ccc32)cn1. The lowest BCUT2D eigenvalue weighted by atomic mass is 10.0. The van der Waals surface area contributed by atoms with Gasteiger partial charge in [0, 0.05) is 78.1 Å². The van der Waals surface area contributed by atoms with Crippen molar-refractivity contribution < 1.29 is 13.9 Å². The molecule has 1 N–H and O–H groups in total. The molecule has 0 aliphatic carbocycles. The number of anilines is 2. The number of aromatic nitrogens is 2. The van der Waals surface area contributed by atoms with Gasteiger partial charge >= 0.3 is 6.01 Å². The lowest BCUT2D eigenvalue weighted by Gasteiger charge is -2.31. The smallest absolute Gasteiger partial charge is 0.316 e. The van der Waals surface area contributed by atoms with E-state index in [-0.39, 0.29) is 5.91 Å². The number of hydrogen-bond donors (Lipinski definition) is 1. The molecule has 2 aliphatic heterocycles. The van der Waals surface area contributed by atoms with E-state index in [0.29, 0.717) is 35.5 Å². The van der Waals surface area contributed by atoms with Gasteiger partial charge < -0.3 is 24.3 Å². The Labute approximate surface area is 254 Å². The Balaban J connectivity index is 1.32. The largest absolute Gasteiger partial charge is 0.467 e. The zero-order valence-electron chi connectivity index (χ0n) is 23.7. The van der Waals surface area contributed by atoms with Crippen LogP contribution < -0.4 is 19.9 Å². The number of hydrogen-bond acceptors (Lipinski definition) is 7. The number of benzene rings is 3. The van der Waals surface area contributed by atoms with Gasteiger partial charge in [-0.3, -0.25) is 4.79 Å². The Morgan fingerprint density at radius 3 is 2.47 bits per heavy atom. The molecule has 5 aromatic rings. The minimum Gasteiger partial charge on any atom is -0.467 e. The van der Waals surface area contributed by atoms with Crippen LogP contribution in [0.2, 0.25) is 5.02 Å². The molecule has 8 nitrogen and oxygen atoms in total. The number of carbonyl (C=O) groups excluding carboxylic acids is 1. The number of fused-ring (bicyclic) bond motifs is 2. The van der Waals surface area contributed by atoms with Crippen LogP contribution in [0, 0.1) is 0 Å². The van der Waals surface area contributed by atoms with E-state index in [9.17, 15) is 4.79 Å². The maximum atomic E-state index is 14.4. The van der Waals surface area contributed by atoms with Crippen molar-refractivity contribution in [3.05, 3.63) is 113 Å². The molecule has 3 aromatic carbocycles. The average Bonchev–Trinajstić information content (AvgIpc) is 3.44. The monoisotopic (exact) mass is 591 g/mol. The molecule has 1 fully saturated rings. The van der Waals surface area contributed by atoms with Crippen LogP contribution in [0.3, 0.4) is 0 Å². The highest BCUT2D eigenvalue weighted by Gasteiger charge is 2.32. The normalized spacial score (nSPS) is 14.7. The van der Waals surface area contributed by atoms with Gasteiger partial charge in [-0.25, -0.2) is 9.97 Å². The summed E-state index contributed by atoms with van der Waals surface area (Å²) in [6.07, 6.45) is 4.06. The van der Waals surface area contributed by atoms with Crippen molar-refractivity contribution in [1.82, 2.24) is 15.3 Å². The van der Waals surface area contributed by atoms with Crippen LogP contribution in [-0.2, 0) is 13.0 Å². The molecule has 9 heteroatoms. The van der Waals surface area contributed by atoms with Crippen LogP contribution in [0.15, 0.2) is 89.6 Å². The molecule has 216 valence electrons. The first-order valence-corrected chi connectivity index (χ1v) is 14.7. The minimum absolute atomic E-state index is 0.176.